The second-order valence-corrected chi connectivity index (χ2v) is 3.51. The van der Waals surface area contributed by atoms with Gasteiger partial charge in [-0.05, 0) is 19.8 Å². The Morgan fingerprint density at radius 2 is 2.08 bits per heavy atom. The highest BCUT2D eigenvalue weighted by Crippen LogP contribution is 2.17. The first-order valence-corrected chi connectivity index (χ1v) is 4.52. The summed E-state index contributed by atoms with van der Waals surface area (Å²) >= 11 is 0. The van der Waals surface area contributed by atoms with E-state index in [4.69, 9.17) is 5.41 Å². The monoisotopic (exact) mass is 168 g/mol. The van der Waals surface area contributed by atoms with Crippen molar-refractivity contribution in [2.24, 2.45) is 0 Å². The average molecular weight is 168 g/mol. The first kappa shape index (κ1) is 9.23. The topological polar surface area (TPSA) is 53.0 Å². The van der Waals surface area contributed by atoms with Gasteiger partial charge in [-0.1, -0.05) is 12.8 Å². The van der Waals surface area contributed by atoms with Crippen molar-refractivity contribution in [2.45, 2.75) is 45.1 Å². The molecular weight excluding hydrogens is 152 g/mol. The quantitative estimate of drug-likeness (QED) is 0.616. The molecule has 3 nitrogen and oxygen atoms in total. The van der Waals surface area contributed by atoms with Gasteiger partial charge in [0, 0.05) is 11.8 Å². The summed E-state index contributed by atoms with van der Waals surface area (Å²) in [6.07, 6.45) is 4.95. The number of hydrogen-bond donors (Lipinski definition) is 2. The summed E-state index contributed by atoms with van der Waals surface area (Å²) in [6.45, 7) is 1.66. The number of amides is 1. The molecule has 0 bridgehead atoms. The lowest BCUT2D eigenvalue weighted by Crippen LogP contribution is -2.33. The summed E-state index contributed by atoms with van der Waals surface area (Å²) in [5.41, 5.74) is 0.436. The van der Waals surface area contributed by atoms with Crippen LogP contribution in [0.2, 0.25) is 0 Å². The molecule has 0 aromatic rings. The molecule has 0 atom stereocenters. The Kier molecular flexibility index (Phi) is 3.26. The minimum Gasteiger partial charge on any atom is -0.353 e. The van der Waals surface area contributed by atoms with E-state index in [-0.39, 0.29) is 12.3 Å². The molecule has 12 heavy (non-hydrogen) atoms. The fraction of sp³-hybridized carbons (Fsp3) is 0.778. The molecule has 0 radical (unpaired) electrons. The molecule has 0 heterocycles. The van der Waals surface area contributed by atoms with Crippen LogP contribution in [0.5, 0.6) is 0 Å². The van der Waals surface area contributed by atoms with Crippen LogP contribution in [0.15, 0.2) is 0 Å². The first-order valence-electron chi connectivity index (χ1n) is 4.52. The lowest BCUT2D eigenvalue weighted by molar-refractivity contribution is -0.120. The minimum atomic E-state index is 0.00870. The lowest BCUT2D eigenvalue weighted by Gasteiger charge is -2.10. The molecule has 3 heteroatoms. The van der Waals surface area contributed by atoms with E-state index in [1.54, 1.807) is 6.92 Å². The summed E-state index contributed by atoms with van der Waals surface area (Å²) < 4.78 is 0. The first-order chi connectivity index (χ1) is 5.68. The van der Waals surface area contributed by atoms with Crippen molar-refractivity contribution in [3.05, 3.63) is 0 Å². The van der Waals surface area contributed by atoms with Gasteiger partial charge in [0.2, 0.25) is 5.91 Å². The fourth-order valence-electron chi connectivity index (χ4n) is 1.59. The van der Waals surface area contributed by atoms with Gasteiger partial charge in [-0.2, -0.15) is 0 Å². The van der Waals surface area contributed by atoms with Crippen molar-refractivity contribution < 1.29 is 4.79 Å². The van der Waals surface area contributed by atoms with Gasteiger partial charge in [0.05, 0.1) is 6.42 Å². The molecule has 2 N–H and O–H groups in total. The van der Waals surface area contributed by atoms with E-state index in [1.165, 1.54) is 12.8 Å². The predicted molar refractivity (Wildman–Crippen MR) is 48.4 cm³/mol. The zero-order valence-corrected chi connectivity index (χ0v) is 7.52. The summed E-state index contributed by atoms with van der Waals surface area (Å²) in [7, 11) is 0. The van der Waals surface area contributed by atoms with E-state index >= 15 is 0 Å². The molecule has 68 valence electrons. The molecule has 1 rings (SSSR count). The van der Waals surface area contributed by atoms with E-state index < -0.39 is 0 Å². The number of carbonyl (C=O) groups excluding carboxylic acids is 1. The molecule has 1 amide bonds. The second-order valence-electron chi connectivity index (χ2n) is 3.51. The minimum absolute atomic E-state index is 0.00870. The Labute approximate surface area is 73.0 Å². The highest BCUT2D eigenvalue weighted by atomic mass is 16.1. The third kappa shape index (κ3) is 3.03. The molecule has 0 aromatic heterocycles. The summed E-state index contributed by atoms with van der Waals surface area (Å²) in [5.74, 6) is 0.00870. The van der Waals surface area contributed by atoms with Gasteiger partial charge in [0.1, 0.15) is 0 Å². The summed E-state index contributed by atoms with van der Waals surface area (Å²) in [4.78, 5) is 11.2. The molecule has 0 saturated heterocycles. The Morgan fingerprint density at radius 3 is 2.58 bits per heavy atom. The molecule has 0 unspecified atom stereocenters. The summed E-state index contributed by atoms with van der Waals surface area (Å²) in [5, 5.41) is 10.1. The van der Waals surface area contributed by atoms with E-state index in [9.17, 15) is 4.79 Å². The van der Waals surface area contributed by atoms with Crippen molar-refractivity contribution in [1.82, 2.24) is 5.32 Å². The molecule has 1 saturated carbocycles. The molecule has 1 aliphatic rings. The Bertz CT molecular complexity index is 183. The van der Waals surface area contributed by atoms with Crippen LogP contribution in [0.1, 0.15) is 39.0 Å². The van der Waals surface area contributed by atoms with Crippen LogP contribution in [0, 0.1) is 5.41 Å². The van der Waals surface area contributed by atoms with Gasteiger partial charge in [-0.25, -0.2) is 0 Å². The van der Waals surface area contributed by atoms with Gasteiger partial charge < -0.3 is 10.7 Å². The molecule has 0 aliphatic heterocycles. The van der Waals surface area contributed by atoms with Crippen LogP contribution < -0.4 is 5.32 Å². The molecule has 1 aliphatic carbocycles. The van der Waals surface area contributed by atoms with E-state index in [0.717, 1.165) is 12.8 Å². The molecule has 0 spiro atoms. The van der Waals surface area contributed by atoms with E-state index in [2.05, 4.69) is 5.32 Å². The maximum Gasteiger partial charge on any atom is 0.225 e. The Hall–Kier alpha value is -0.860. The normalized spacial score (nSPS) is 17.8. The Morgan fingerprint density at radius 1 is 1.50 bits per heavy atom. The van der Waals surface area contributed by atoms with Crippen LogP contribution in [0.3, 0.4) is 0 Å². The van der Waals surface area contributed by atoms with Crippen molar-refractivity contribution in [3.63, 3.8) is 0 Å². The largest absolute Gasteiger partial charge is 0.353 e. The van der Waals surface area contributed by atoms with Crippen LogP contribution in [-0.2, 0) is 4.79 Å². The zero-order valence-electron chi connectivity index (χ0n) is 7.52. The van der Waals surface area contributed by atoms with Crippen molar-refractivity contribution >= 4 is 11.6 Å². The van der Waals surface area contributed by atoms with Crippen LogP contribution >= 0.6 is 0 Å². The second kappa shape index (κ2) is 4.24. The Balaban J connectivity index is 2.20. The highest BCUT2D eigenvalue weighted by Gasteiger charge is 2.16. The molecule has 0 aromatic carbocycles. The van der Waals surface area contributed by atoms with Crippen LogP contribution in [0.4, 0.5) is 0 Å². The zero-order chi connectivity index (χ0) is 8.97. The maximum atomic E-state index is 11.2. The van der Waals surface area contributed by atoms with Crippen molar-refractivity contribution in [2.75, 3.05) is 0 Å². The average Bonchev–Trinajstić information content (AvgIpc) is 2.37. The standard InChI is InChI=1S/C9H16N2O/c1-7(10)6-9(12)11-8-4-2-3-5-8/h8,10H,2-6H2,1H3,(H,11,12). The van der Waals surface area contributed by atoms with Gasteiger partial charge in [0.15, 0.2) is 0 Å². The maximum absolute atomic E-state index is 11.2. The lowest BCUT2D eigenvalue weighted by atomic mass is 10.2. The van der Waals surface area contributed by atoms with Gasteiger partial charge >= 0.3 is 0 Å². The van der Waals surface area contributed by atoms with E-state index in [0.29, 0.717) is 11.8 Å². The predicted octanol–water partition coefficient (Wildman–Crippen LogP) is 1.47. The number of hydrogen-bond acceptors (Lipinski definition) is 2. The van der Waals surface area contributed by atoms with Gasteiger partial charge in [-0.3, -0.25) is 4.79 Å². The van der Waals surface area contributed by atoms with Crippen LogP contribution in [-0.4, -0.2) is 17.7 Å². The summed E-state index contributed by atoms with van der Waals surface area (Å²) in [6, 6.07) is 0.386. The third-order valence-electron chi connectivity index (χ3n) is 2.15. The van der Waals surface area contributed by atoms with Gasteiger partial charge in [0.25, 0.3) is 0 Å². The molecule has 1 fully saturated rings. The SMILES string of the molecule is CC(=N)CC(=O)NC1CCCC1. The molecular formula is C9H16N2O. The number of nitrogens with one attached hydrogen (secondary N) is 2. The number of rotatable bonds is 3. The highest BCUT2D eigenvalue weighted by molar-refractivity contribution is 5.98. The van der Waals surface area contributed by atoms with Crippen LogP contribution in [0.25, 0.3) is 0 Å². The van der Waals surface area contributed by atoms with Crippen molar-refractivity contribution in [1.29, 1.82) is 5.41 Å². The fourth-order valence-corrected chi connectivity index (χ4v) is 1.59. The van der Waals surface area contributed by atoms with Crippen molar-refractivity contribution in [3.8, 4) is 0 Å². The third-order valence-corrected chi connectivity index (χ3v) is 2.15. The number of carbonyl (C=O) groups is 1. The van der Waals surface area contributed by atoms with E-state index in [1.807, 2.05) is 0 Å². The van der Waals surface area contributed by atoms with Gasteiger partial charge in [-0.15, -0.1) is 0 Å². The smallest absolute Gasteiger partial charge is 0.225 e.